The SMILES string of the molecule is Cc1cc(C)c(N)c(C(P)c2cc(C)cc(C)c2N)c1. The van der Waals surface area contributed by atoms with E-state index in [9.17, 15) is 0 Å². The predicted octanol–water partition coefficient (Wildman–Crippen LogP) is 4.05. The van der Waals surface area contributed by atoms with Crippen LogP contribution in [0.15, 0.2) is 24.3 Å². The number of anilines is 2. The summed E-state index contributed by atoms with van der Waals surface area (Å²) in [6.45, 7) is 8.29. The number of rotatable bonds is 2. The Morgan fingerprint density at radius 2 is 1.10 bits per heavy atom. The summed E-state index contributed by atoms with van der Waals surface area (Å²) in [5.74, 6) is 0. The van der Waals surface area contributed by atoms with Crippen molar-refractivity contribution in [3.05, 3.63) is 57.6 Å². The second-order valence-corrected chi connectivity index (χ2v) is 6.31. The monoisotopic (exact) mass is 286 g/mol. The minimum absolute atomic E-state index is 0.118. The molecular weight excluding hydrogens is 263 g/mol. The molecule has 2 aromatic rings. The van der Waals surface area contributed by atoms with Crippen molar-refractivity contribution in [2.45, 2.75) is 33.4 Å². The molecule has 0 aliphatic carbocycles. The Kier molecular flexibility index (Phi) is 4.06. The quantitative estimate of drug-likeness (QED) is 0.646. The topological polar surface area (TPSA) is 52.0 Å². The maximum atomic E-state index is 6.26. The van der Waals surface area contributed by atoms with Crippen molar-refractivity contribution in [1.29, 1.82) is 0 Å². The van der Waals surface area contributed by atoms with Gasteiger partial charge < -0.3 is 11.5 Å². The van der Waals surface area contributed by atoms with E-state index < -0.39 is 0 Å². The minimum atomic E-state index is 0.118. The van der Waals surface area contributed by atoms with E-state index in [4.69, 9.17) is 11.5 Å². The van der Waals surface area contributed by atoms with Crippen LogP contribution in [0, 0.1) is 27.7 Å². The maximum Gasteiger partial charge on any atom is 0.0386 e. The number of aryl methyl sites for hydroxylation is 4. The Balaban J connectivity index is 2.60. The van der Waals surface area contributed by atoms with Gasteiger partial charge in [-0.15, -0.1) is 9.24 Å². The zero-order valence-corrected chi connectivity index (χ0v) is 13.8. The Morgan fingerprint density at radius 3 is 1.45 bits per heavy atom. The van der Waals surface area contributed by atoms with Crippen LogP contribution in [0.1, 0.15) is 39.0 Å². The molecule has 0 bridgehead atoms. The van der Waals surface area contributed by atoms with Crippen LogP contribution in [-0.2, 0) is 0 Å². The van der Waals surface area contributed by atoms with Gasteiger partial charge in [-0.1, -0.05) is 35.4 Å². The molecular formula is C17H23N2P. The predicted molar refractivity (Wildman–Crippen MR) is 92.2 cm³/mol. The van der Waals surface area contributed by atoms with Gasteiger partial charge in [0.25, 0.3) is 0 Å². The fourth-order valence-corrected chi connectivity index (χ4v) is 3.26. The Bertz CT molecular complexity index is 605. The van der Waals surface area contributed by atoms with E-state index >= 15 is 0 Å². The van der Waals surface area contributed by atoms with Crippen LogP contribution in [0.2, 0.25) is 0 Å². The molecule has 2 nitrogen and oxygen atoms in total. The van der Waals surface area contributed by atoms with Crippen molar-refractivity contribution >= 4 is 20.6 Å². The highest BCUT2D eigenvalue weighted by Crippen LogP contribution is 2.40. The largest absolute Gasteiger partial charge is 0.398 e. The first-order valence-electron chi connectivity index (χ1n) is 6.80. The van der Waals surface area contributed by atoms with Crippen LogP contribution in [0.4, 0.5) is 11.4 Å². The summed E-state index contributed by atoms with van der Waals surface area (Å²) < 4.78 is 0. The van der Waals surface area contributed by atoms with Gasteiger partial charge in [-0.05, 0) is 49.9 Å². The molecule has 0 heterocycles. The van der Waals surface area contributed by atoms with Crippen LogP contribution in [0.5, 0.6) is 0 Å². The van der Waals surface area contributed by atoms with E-state index in [1.807, 2.05) is 13.8 Å². The van der Waals surface area contributed by atoms with E-state index in [1.54, 1.807) is 0 Å². The average molecular weight is 286 g/mol. The fraction of sp³-hybridized carbons (Fsp3) is 0.294. The van der Waals surface area contributed by atoms with E-state index in [0.29, 0.717) is 0 Å². The van der Waals surface area contributed by atoms with Gasteiger partial charge in [0.2, 0.25) is 0 Å². The summed E-state index contributed by atoms with van der Waals surface area (Å²) in [5, 5.41) is 0. The van der Waals surface area contributed by atoms with E-state index in [2.05, 4.69) is 47.4 Å². The third kappa shape index (κ3) is 2.66. The summed E-state index contributed by atoms with van der Waals surface area (Å²) in [7, 11) is 2.89. The molecule has 2 rings (SSSR count). The van der Waals surface area contributed by atoms with Gasteiger partial charge in [0.15, 0.2) is 0 Å². The second kappa shape index (κ2) is 5.46. The standard InChI is InChI=1S/C17H23N2P/c1-9-5-11(3)15(18)13(7-9)17(20)14-8-10(2)6-12(4)16(14)19/h5-8,17H,18-20H2,1-4H3. The number of hydrogen-bond acceptors (Lipinski definition) is 2. The Hall–Kier alpha value is -1.53. The van der Waals surface area contributed by atoms with Gasteiger partial charge in [-0.3, -0.25) is 0 Å². The fourth-order valence-electron chi connectivity index (χ4n) is 2.71. The number of hydrogen-bond donors (Lipinski definition) is 2. The van der Waals surface area contributed by atoms with Crippen LogP contribution in [0.25, 0.3) is 0 Å². The smallest absolute Gasteiger partial charge is 0.0386 e. The van der Waals surface area contributed by atoms with Gasteiger partial charge in [0.1, 0.15) is 0 Å². The summed E-state index contributed by atoms with van der Waals surface area (Å²) in [4.78, 5) is 0. The molecule has 2 aromatic carbocycles. The molecule has 106 valence electrons. The Labute approximate surface area is 123 Å². The Morgan fingerprint density at radius 1 is 0.750 bits per heavy atom. The summed E-state index contributed by atoms with van der Waals surface area (Å²) in [6.07, 6.45) is 0. The zero-order chi connectivity index (χ0) is 15.0. The normalized spacial score (nSPS) is 11.1. The summed E-state index contributed by atoms with van der Waals surface area (Å²) in [6, 6.07) is 8.52. The first kappa shape index (κ1) is 14.9. The van der Waals surface area contributed by atoms with Crippen LogP contribution in [0.3, 0.4) is 0 Å². The molecule has 0 saturated heterocycles. The highest BCUT2D eigenvalue weighted by atomic mass is 31.0. The molecule has 0 saturated carbocycles. The number of nitrogen functional groups attached to an aromatic ring is 2. The van der Waals surface area contributed by atoms with Crippen LogP contribution < -0.4 is 11.5 Å². The second-order valence-electron chi connectivity index (χ2n) is 5.65. The number of benzene rings is 2. The first-order chi connectivity index (χ1) is 9.31. The van der Waals surface area contributed by atoms with E-state index in [1.165, 1.54) is 11.1 Å². The molecule has 0 amide bonds. The molecule has 0 aliphatic rings. The lowest BCUT2D eigenvalue weighted by molar-refractivity contribution is 1.13. The molecule has 3 heteroatoms. The molecule has 0 radical (unpaired) electrons. The minimum Gasteiger partial charge on any atom is -0.398 e. The summed E-state index contributed by atoms with van der Waals surface area (Å²) >= 11 is 0. The molecule has 0 aromatic heterocycles. The molecule has 1 unspecified atom stereocenters. The van der Waals surface area contributed by atoms with Crippen molar-refractivity contribution < 1.29 is 0 Å². The van der Waals surface area contributed by atoms with Crippen LogP contribution >= 0.6 is 9.24 Å². The molecule has 0 spiro atoms. The van der Waals surface area contributed by atoms with Crippen molar-refractivity contribution in [1.82, 2.24) is 0 Å². The molecule has 0 aliphatic heterocycles. The lowest BCUT2D eigenvalue weighted by atomic mass is 9.94. The molecule has 4 N–H and O–H groups in total. The van der Waals surface area contributed by atoms with E-state index in [-0.39, 0.29) is 5.66 Å². The molecule has 0 fully saturated rings. The van der Waals surface area contributed by atoms with Gasteiger partial charge in [0.05, 0.1) is 0 Å². The average Bonchev–Trinajstić information content (AvgIpc) is 2.37. The van der Waals surface area contributed by atoms with Crippen molar-refractivity contribution in [3.63, 3.8) is 0 Å². The van der Waals surface area contributed by atoms with E-state index in [0.717, 1.165) is 33.6 Å². The number of nitrogens with two attached hydrogens (primary N) is 2. The van der Waals surface area contributed by atoms with Crippen molar-refractivity contribution in [2.24, 2.45) is 0 Å². The lowest BCUT2D eigenvalue weighted by Gasteiger charge is -2.20. The third-order valence-electron chi connectivity index (χ3n) is 3.80. The zero-order valence-electron chi connectivity index (χ0n) is 12.6. The molecule has 1 atom stereocenters. The van der Waals surface area contributed by atoms with Gasteiger partial charge in [-0.25, -0.2) is 0 Å². The maximum absolute atomic E-state index is 6.26. The third-order valence-corrected chi connectivity index (χ3v) is 4.51. The van der Waals surface area contributed by atoms with Crippen LogP contribution in [-0.4, -0.2) is 0 Å². The van der Waals surface area contributed by atoms with Gasteiger partial charge in [-0.2, -0.15) is 0 Å². The highest BCUT2D eigenvalue weighted by molar-refractivity contribution is 7.17. The lowest BCUT2D eigenvalue weighted by Crippen LogP contribution is -2.05. The first-order valence-corrected chi connectivity index (χ1v) is 7.46. The van der Waals surface area contributed by atoms with Gasteiger partial charge in [0, 0.05) is 17.0 Å². The van der Waals surface area contributed by atoms with Crippen molar-refractivity contribution in [2.75, 3.05) is 11.5 Å². The van der Waals surface area contributed by atoms with Crippen molar-refractivity contribution in [3.8, 4) is 0 Å². The summed E-state index contributed by atoms with van der Waals surface area (Å²) in [5.41, 5.74) is 21.3. The highest BCUT2D eigenvalue weighted by Gasteiger charge is 2.17. The molecule has 20 heavy (non-hydrogen) atoms. The van der Waals surface area contributed by atoms with Gasteiger partial charge >= 0.3 is 0 Å².